The van der Waals surface area contributed by atoms with E-state index in [1.54, 1.807) is 6.08 Å². The van der Waals surface area contributed by atoms with E-state index >= 15 is 0 Å². The highest BCUT2D eigenvalue weighted by molar-refractivity contribution is 7.86. The highest BCUT2D eigenvalue weighted by atomic mass is 32.3. The van der Waals surface area contributed by atoms with Crippen molar-refractivity contribution >= 4 is 10.2 Å². The SMILES string of the molecule is C=CCCCCCS(=O)(=O)F. The molecule has 0 aromatic heterocycles. The molecule has 0 spiro atoms. The number of hydrogen-bond acceptors (Lipinski definition) is 2. The molecule has 0 saturated carbocycles. The van der Waals surface area contributed by atoms with E-state index in [1.165, 1.54) is 0 Å². The molecule has 0 amide bonds. The Labute approximate surface area is 67.3 Å². The van der Waals surface area contributed by atoms with Crippen molar-refractivity contribution in [3.05, 3.63) is 12.7 Å². The molecule has 0 saturated heterocycles. The Balaban J connectivity index is 3.22. The Morgan fingerprint density at radius 1 is 1.27 bits per heavy atom. The lowest BCUT2D eigenvalue weighted by atomic mass is 10.2. The zero-order chi connectivity index (χ0) is 8.74. The van der Waals surface area contributed by atoms with Gasteiger partial charge in [-0.15, -0.1) is 10.5 Å². The molecule has 4 heteroatoms. The first-order valence-corrected chi connectivity index (χ1v) is 5.15. The van der Waals surface area contributed by atoms with Crippen LogP contribution in [0.25, 0.3) is 0 Å². The molecule has 0 atom stereocenters. The predicted molar refractivity (Wildman–Crippen MR) is 43.6 cm³/mol. The minimum Gasteiger partial charge on any atom is -0.195 e. The summed E-state index contributed by atoms with van der Waals surface area (Å²) in [6.07, 6.45) is 4.68. The maximum Gasteiger partial charge on any atom is 0.302 e. The number of allylic oxidation sites excluding steroid dienone is 1. The van der Waals surface area contributed by atoms with E-state index in [2.05, 4.69) is 6.58 Å². The van der Waals surface area contributed by atoms with Crippen LogP contribution in [0.3, 0.4) is 0 Å². The molecule has 0 unspecified atom stereocenters. The summed E-state index contributed by atoms with van der Waals surface area (Å²) in [5.41, 5.74) is 0. The van der Waals surface area contributed by atoms with Crippen molar-refractivity contribution in [3.8, 4) is 0 Å². The van der Waals surface area contributed by atoms with Crippen LogP contribution >= 0.6 is 0 Å². The lowest BCUT2D eigenvalue weighted by molar-refractivity contribution is 0.546. The monoisotopic (exact) mass is 180 g/mol. The molecule has 2 nitrogen and oxygen atoms in total. The average Bonchev–Trinajstić information content (AvgIpc) is 1.85. The summed E-state index contributed by atoms with van der Waals surface area (Å²) >= 11 is 0. The number of hydrogen-bond donors (Lipinski definition) is 0. The molecule has 0 fully saturated rings. The van der Waals surface area contributed by atoms with E-state index in [0.717, 1.165) is 19.3 Å². The summed E-state index contributed by atoms with van der Waals surface area (Å²) in [5, 5.41) is 0. The zero-order valence-corrected chi connectivity index (χ0v) is 7.24. The molecule has 0 rings (SSSR count). The largest absolute Gasteiger partial charge is 0.302 e. The van der Waals surface area contributed by atoms with Gasteiger partial charge >= 0.3 is 10.2 Å². The number of rotatable bonds is 6. The van der Waals surface area contributed by atoms with Crippen LogP contribution < -0.4 is 0 Å². The van der Waals surface area contributed by atoms with Gasteiger partial charge in [-0.25, -0.2) is 0 Å². The fourth-order valence-corrected chi connectivity index (χ4v) is 1.29. The van der Waals surface area contributed by atoms with Crippen LogP contribution in [-0.4, -0.2) is 14.2 Å². The average molecular weight is 180 g/mol. The first-order valence-electron chi connectivity index (χ1n) is 3.59. The first kappa shape index (κ1) is 10.6. The molecule has 0 aliphatic heterocycles. The van der Waals surface area contributed by atoms with Gasteiger partial charge in [0.1, 0.15) is 0 Å². The third-order valence-corrected chi connectivity index (χ3v) is 2.07. The van der Waals surface area contributed by atoms with Gasteiger partial charge in [-0.05, 0) is 19.3 Å². The quantitative estimate of drug-likeness (QED) is 0.356. The van der Waals surface area contributed by atoms with E-state index in [9.17, 15) is 12.3 Å². The Kier molecular flexibility index (Phi) is 5.11. The van der Waals surface area contributed by atoms with Gasteiger partial charge in [-0.1, -0.05) is 12.5 Å². The van der Waals surface area contributed by atoms with Crippen LogP contribution in [0.2, 0.25) is 0 Å². The molecule has 0 N–H and O–H groups in total. The topological polar surface area (TPSA) is 34.1 Å². The maximum atomic E-state index is 11.9. The maximum absolute atomic E-state index is 11.9. The molecule has 0 aliphatic rings. The third-order valence-electron chi connectivity index (χ3n) is 1.30. The summed E-state index contributed by atoms with van der Waals surface area (Å²) in [6, 6.07) is 0. The normalized spacial score (nSPS) is 11.4. The van der Waals surface area contributed by atoms with Crippen molar-refractivity contribution in [2.24, 2.45) is 0 Å². The van der Waals surface area contributed by atoms with E-state index < -0.39 is 10.2 Å². The van der Waals surface area contributed by atoms with Gasteiger partial charge in [0, 0.05) is 0 Å². The summed E-state index contributed by atoms with van der Waals surface area (Å²) < 4.78 is 31.8. The fraction of sp³-hybridized carbons (Fsp3) is 0.714. The number of unbranched alkanes of at least 4 members (excludes halogenated alkanes) is 3. The second-order valence-corrected chi connectivity index (χ2v) is 3.87. The minimum absolute atomic E-state index is 0.343. The zero-order valence-electron chi connectivity index (χ0n) is 6.42. The molecule has 0 bridgehead atoms. The Bertz CT molecular complexity index is 196. The Morgan fingerprint density at radius 2 is 1.91 bits per heavy atom. The molecular formula is C7H13FO2S. The lowest BCUT2D eigenvalue weighted by Gasteiger charge is -1.94. The molecule has 0 aromatic rings. The van der Waals surface area contributed by atoms with Gasteiger partial charge in [0.25, 0.3) is 0 Å². The molecule has 66 valence electrons. The van der Waals surface area contributed by atoms with Crippen LogP contribution in [0.4, 0.5) is 3.89 Å². The number of halogens is 1. The van der Waals surface area contributed by atoms with E-state index in [-0.39, 0.29) is 5.75 Å². The Hall–Kier alpha value is -0.380. The fourth-order valence-electron chi connectivity index (χ4n) is 0.740. The van der Waals surface area contributed by atoms with Gasteiger partial charge in [0.15, 0.2) is 0 Å². The smallest absolute Gasteiger partial charge is 0.195 e. The van der Waals surface area contributed by atoms with E-state index in [4.69, 9.17) is 0 Å². The van der Waals surface area contributed by atoms with Gasteiger partial charge in [-0.2, -0.15) is 8.42 Å². The third kappa shape index (κ3) is 9.62. The van der Waals surface area contributed by atoms with Gasteiger partial charge in [0.05, 0.1) is 5.75 Å². The summed E-state index contributed by atoms with van der Waals surface area (Å²) in [4.78, 5) is 0. The Morgan fingerprint density at radius 3 is 2.36 bits per heavy atom. The highest BCUT2D eigenvalue weighted by Crippen LogP contribution is 2.03. The lowest BCUT2D eigenvalue weighted by Crippen LogP contribution is -1.97. The van der Waals surface area contributed by atoms with Gasteiger partial charge in [-0.3, -0.25) is 0 Å². The van der Waals surface area contributed by atoms with Crippen LogP contribution in [0, 0.1) is 0 Å². The van der Waals surface area contributed by atoms with Crippen LogP contribution in [0.15, 0.2) is 12.7 Å². The predicted octanol–water partition coefficient (Wildman–Crippen LogP) is 2.03. The molecule has 0 heterocycles. The van der Waals surface area contributed by atoms with E-state index in [0.29, 0.717) is 6.42 Å². The highest BCUT2D eigenvalue weighted by Gasteiger charge is 2.04. The molecule has 0 aromatic carbocycles. The van der Waals surface area contributed by atoms with Crippen molar-refractivity contribution in [1.82, 2.24) is 0 Å². The standard InChI is InChI=1S/C7H13FO2S/c1-2-3-4-5-6-7-11(8,9)10/h2H,1,3-7H2. The van der Waals surface area contributed by atoms with Gasteiger partial charge in [0.2, 0.25) is 0 Å². The molecular weight excluding hydrogens is 167 g/mol. The van der Waals surface area contributed by atoms with Crippen LogP contribution in [-0.2, 0) is 10.2 Å². The second kappa shape index (κ2) is 5.29. The summed E-state index contributed by atoms with van der Waals surface area (Å²) in [5.74, 6) is -0.343. The van der Waals surface area contributed by atoms with Crippen molar-refractivity contribution in [2.75, 3.05) is 5.75 Å². The molecule has 11 heavy (non-hydrogen) atoms. The van der Waals surface area contributed by atoms with Crippen LogP contribution in [0.5, 0.6) is 0 Å². The minimum atomic E-state index is -4.24. The molecule has 0 radical (unpaired) electrons. The van der Waals surface area contributed by atoms with Crippen molar-refractivity contribution in [1.29, 1.82) is 0 Å². The first-order chi connectivity index (χ1) is 5.06. The van der Waals surface area contributed by atoms with Crippen molar-refractivity contribution < 1.29 is 12.3 Å². The molecule has 0 aliphatic carbocycles. The van der Waals surface area contributed by atoms with Gasteiger partial charge < -0.3 is 0 Å². The van der Waals surface area contributed by atoms with Crippen molar-refractivity contribution in [2.45, 2.75) is 25.7 Å². The second-order valence-electron chi connectivity index (χ2n) is 2.38. The van der Waals surface area contributed by atoms with Crippen LogP contribution in [0.1, 0.15) is 25.7 Å². The van der Waals surface area contributed by atoms with Crippen molar-refractivity contribution in [3.63, 3.8) is 0 Å². The van der Waals surface area contributed by atoms with E-state index in [1.807, 2.05) is 0 Å². The summed E-state index contributed by atoms with van der Waals surface area (Å²) in [6.45, 7) is 3.51. The summed E-state index contributed by atoms with van der Waals surface area (Å²) in [7, 11) is -4.24.